The summed E-state index contributed by atoms with van der Waals surface area (Å²) < 4.78 is 18.8. The number of hydrogen-bond acceptors (Lipinski definition) is 2. The Morgan fingerprint density at radius 2 is 1.90 bits per heavy atom. The first kappa shape index (κ1) is 14.8. The Morgan fingerprint density at radius 3 is 2.60 bits per heavy atom. The van der Waals surface area contributed by atoms with Gasteiger partial charge in [0.15, 0.2) is 0 Å². The summed E-state index contributed by atoms with van der Waals surface area (Å²) in [7, 11) is 1.60. The standard InChI is InChI=1S/C16H17ClFNO/c1-16(19,12-7-3-4-9-14(12)20-2)10-11-6-5-8-13(18)15(11)17/h3-9H,10,19H2,1-2H3. The molecule has 2 aromatic carbocycles. The zero-order chi connectivity index (χ0) is 14.8. The highest BCUT2D eigenvalue weighted by Crippen LogP contribution is 2.32. The molecule has 0 aliphatic carbocycles. The molecule has 2 aromatic rings. The maximum atomic E-state index is 13.5. The monoisotopic (exact) mass is 293 g/mol. The van der Waals surface area contributed by atoms with Gasteiger partial charge in [0.25, 0.3) is 0 Å². The van der Waals surface area contributed by atoms with E-state index in [1.807, 2.05) is 31.2 Å². The molecule has 0 radical (unpaired) electrons. The number of ether oxygens (including phenoxy) is 1. The molecule has 1 atom stereocenters. The molecule has 4 heteroatoms. The fraction of sp³-hybridized carbons (Fsp3) is 0.250. The Kier molecular flexibility index (Phi) is 4.31. The molecule has 0 fully saturated rings. The lowest BCUT2D eigenvalue weighted by Gasteiger charge is -2.27. The van der Waals surface area contributed by atoms with Crippen molar-refractivity contribution in [1.82, 2.24) is 0 Å². The average Bonchev–Trinajstić information content (AvgIpc) is 2.43. The van der Waals surface area contributed by atoms with Crippen molar-refractivity contribution in [2.75, 3.05) is 7.11 Å². The largest absolute Gasteiger partial charge is 0.496 e. The summed E-state index contributed by atoms with van der Waals surface area (Å²) >= 11 is 6.00. The van der Waals surface area contributed by atoms with Gasteiger partial charge in [-0.3, -0.25) is 0 Å². The van der Waals surface area contributed by atoms with Gasteiger partial charge < -0.3 is 10.5 Å². The van der Waals surface area contributed by atoms with E-state index >= 15 is 0 Å². The molecule has 0 aliphatic rings. The van der Waals surface area contributed by atoms with Crippen LogP contribution >= 0.6 is 11.6 Å². The molecule has 0 saturated carbocycles. The van der Waals surface area contributed by atoms with E-state index in [0.717, 1.165) is 5.56 Å². The van der Waals surface area contributed by atoms with Crippen LogP contribution in [0.3, 0.4) is 0 Å². The second kappa shape index (κ2) is 5.81. The fourth-order valence-corrected chi connectivity index (χ4v) is 2.49. The summed E-state index contributed by atoms with van der Waals surface area (Å²) in [4.78, 5) is 0. The zero-order valence-electron chi connectivity index (χ0n) is 11.5. The summed E-state index contributed by atoms with van der Waals surface area (Å²) in [6.45, 7) is 1.88. The van der Waals surface area contributed by atoms with Crippen molar-refractivity contribution in [2.24, 2.45) is 5.73 Å². The predicted molar refractivity (Wildman–Crippen MR) is 79.6 cm³/mol. The Hall–Kier alpha value is -1.58. The minimum Gasteiger partial charge on any atom is -0.496 e. The highest BCUT2D eigenvalue weighted by molar-refractivity contribution is 6.31. The lowest BCUT2D eigenvalue weighted by Crippen LogP contribution is -2.36. The molecule has 0 aromatic heterocycles. The van der Waals surface area contributed by atoms with Crippen LogP contribution in [0.1, 0.15) is 18.1 Å². The van der Waals surface area contributed by atoms with Crippen LogP contribution in [-0.4, -0.2) is 7.11 Å². The first-order chi connectivity index (χ1) is 9.45. The Labute approximate surface area is 123 Å². The highest BCUT2D eigenvalue weighted by atomic mass is 35.5. The van der Waals surface area contributed by atoms with Crippen LogP contribution in [0.2, 0.25) is 5.02 Å². The molecule has 0 bridgehead atoms. The van der Waals surface area contributed by atoms with Gasteiger partial charge in [-0.15, -0.1) is 0 Å². The third-order valence-electron chi connectivity index (χ3n) is 3.31. The molecule has 1 unspecified atom stereocenters. The Morgan fingerprint density at radius 1 is 1.20 bits per heavy atom. The van der Waals surface area contributed by atoms with E-state index in [2.05, 4.69) is 0 Å². The number of rotatable bonds is 4. The van der Waals surface area contributed by atoms with Gasteiger partial charge in [0, 0.05) is 11.1 Å². The number of nitrogens with two attached hydrogens (primary N) is 1. The minimum atomic E-state index is -0.704. The molecule has 2 nitrogen and oxygen atoms in total. The predicted octanol–water partition coefficient (Wildman–Crippen LogP) is 3.90. The topological polar surface area (TPSA) is 35.2 Å². The lowest BCUT2D eigenvalue weighted by atomic mass is 9.86. The molecule has 0 spiro atoms. The molecule has 106 valence electrons. The van der Waals surface area contributed by atoms with Crippen molar-refractivity contribution in [1.29, 1.82) is 0 Å². The van der Waals surface area contributed by atoms with Crippen molar-refractivity contribution in [3.63, 3.8) is 0 Å². The van der Waals surface area contributed by atoms with Crippen molar-refractivity contribution < 1.29 is 9.13 Å². The second-order valence-electron chi connectivity index (χ2n) is 5.01. The third-order valence-corrected chi connectivity index (χ3v) is 3.73. The molecule has 0 heterocycles. The Bertz CT molecular complexity index is 613. The first-order valence-electron chi connectivity index (χ1n) is 6.31. The van der Waals surface area contributed by atoms with Gasteiger partial charge >= 0.3 is 0 Å². The van der Waals surface area contributed by atoms with Crippen molar-refractivity contribution >= 4 is 11.6 Å². The number of para-hydroxylation sites is 1. The summed E-state index contributed by atoms with van der Waals surface area (Å²) in [5.41, 5.74) is 7.25. The summed E-state index contributed by atoms with van der Waals surface area (Å²) in [6.07, 6.45) is 0.421. The molecule has 0 saturated heterocycles. The highest BCUT2D eigenvalue weighted by Gasteiger charge is 2.26. The maximum absolute atomic E-state index is 13.5. The normalized spacial score (nSPS) is 13.8. The van der Waals surface area contributed by atoms with E-state index in [0.29, 0.717) is 17.7 Å². The van der Waals surface area contributed by atoms with Gasteiger partial charge in [0.05, 0.1) is 12.1 Å². The molecule has 20 heavy (non-hydrogen) atoms. The summed E-state index contributed by atoms with van der Waals surface area (Å²) in [5, 5.41) is 0.124. The molecule has 0 amide bonds. The van der Waals surface area contributed by atoms with Crippen LogP contribution in [0.25, 0.3) is 0 Å². The van der Waals surface area contributed by atoms with E-state index in [9.17, 15) is 4.39 Å². The van der Waals surface area contributed by atoms with Gasteiger partial charge in [0.1, 0.15) is 11.6 Å². The molecule has 2 rings (SSSR count). The van der Waals surface area contributed by atoms with Crippen LogP contribution < -0.4 is 10.5 Å². The average molecular weight is 294 g/mol. The van der Waals surface area contributed by atoms with Crippen LogP contribution in [0.15, 0.2) is 42.5 Å². The zero-order valence-corrected chi connectivity index (χ0v) is 12.2. The van der Waals surface area contributed by atoms with Crippen LogP contribution in [-0.2, 0) is 12.0 Å². The van der Waals surface area contributed by atoms with E-state index in [1.54, 1.807) is 19.2 Å². The van der Waals surface area contributed by atoms with Crippen molar-refractivity contribution in [3.8, 4) is 5.75 Å². The lowest BCUT2D eigenvalue weighted by molar-refractivity contribution is 0.386. The van der Waals surface area contributed by atoms with Gasteiger partial charge in [-0.05, 0) is 31.0 Å². The quantitative estimate of drug-likeness (QED) is 0.928. The second-order valence-corrected chi connectivity index (χ2v) is 5.39. The van der Waals surface area contributed by atoms with Crippen molar-refractivity contribution in [2.45, 2.75) is 18.9 Å². The molecule has 2 N–H and O–H groups in total. The van der Waals surface area contributed by atoms with Crippen molar-refractivity contribution in [3.05, 3.63) is 64.4 Å². The van der Waals surface area contributed by atoms with Crippen LogP contribution in [0.4, 0.5) is 4.39 Å². The van der Waals surface area contributed by atoms with Crippen LogP contribution in [0.5, 0.6) is 5.75 Å². The first-order valence-corrected chi connectivity index (χ1v) is 6.69. The molecule has 0 aliphatic heterocycles. The molecular weight excluding hydrogens is 277 g/mol. The number of methoxy groups -OCH3 is 1. The van der Waals surface area contributed by atoms with Gasteiger partial charge in [-0.1, -0.05) is 41.9 Å². The SMILES string of the molecule is COc1ccccc1C(C)(N)Cc1cccc(F)c1Cl. The van der Waals surface area contributed by atoms with Gasteiger partial charge in [0.2, 0.25) is 0 Å². The van der Waals surface area contributed by atoms with Gasteiger partial charge in [-0.2, -0.15) is 0 Å². The molecular formula is C16H17ClFNO. The smallest absolute Gasteiger partial charge is 0.142 e. The minimum absolute atomic E-state index is 0.124. The number of benzene rings is 2. The maximum Gasteiger partial charge on any atom is 0.142 e. The van der Waals surface area contributed by atoms with E-state index in [4.69, 9.17) is 22.1 Å². The summed E-state index contributed by atoms with van der Waals surface area (Å²) in [6, 6.07) is 12.3. The Balaban J connectivity index is 2.38. The number of hydrogen-bond donors (Lipinski definition) is 1. The van der Waals surface area contributed by atoms with Gasteiger partial charge in [-0.25, -0.2) is 4.39 Å². The summed E-state index contributed by atoms with van der Waals surface area (Å²) in [5.74, 6) is 0.282. The van der Waals surface area contributed by atoms with E-state index < -0.39 is 11.4 Å². The van der Waals surface area contributed by atoms with Crippen LogP contribution in [0, 0.1) is 5.82 Å². The fourth-order valence-electron chi connectivity index (χ4n) is 2.29. The van der Waals surface area contributed by atoms with E-state index in [1.165, 1.54) is 6.07 Å². The number of halogens is 2. The van der Waals surface area contributed by atoms with E-state index in [-0.39, 0.29) is 5.02 Å². The third kappa shape index (κ3) is 2.94.